The number of hydrogen-bond donors (Lipinski definition) is 0. The molecule has 0 fully saturated rings. The fourth-order valence-electron chi connectivity index (χ4n) is 2.59. The monoisotopic (exact) mass is 492 g/mol. The molecule has 0 spiro atoms. The van der Waals surface area contributed by atoms with E-state index >= 15 is 0 Å². The highest BCUT2D eigenvalue weighted by atomic mass is 35.9. The Labute approximate surface area is 194 Å². The van der Waals surface area contributed by atoms with E-state index in [0.29, 0.717) is 17.6 Å². The van der Waals surface area contributed by atoms with Crippen LogP contribution >= 0.6 is 40.2 Å². The number of rotatable bonds is 3. The Balaban J connectivity index is 0.000000461. The zero-order valence-electron chi connectivity index (χ0n) is 16.0. The van der Waals surface area contributed by atoms with Crippen LogP contribution < -0.4 is 0 Å². The van der Waals surface area contributed by atoms with E-state index in [9.17, 15) is 0 Å². The Bertz CT molecular complexity index is 1030. The molecule has 4 rings (SSSR count). The van der Waals surface area contributed by atoms with Crippen LogP contribution in [0.3, 0.4) is 0 Å². The topological polar surface area (TPSA) is 37.1 Å². The molecule has 0 amide bonds. The predicted octanol–water partition coefficient (Wildman–Crippen LogP) is 8.04. The summed E-state index contributed by atoms with van der Waals surface area (Å²) >= 11 is 0. The lowest BCUT2D eigenvalue weighted by atomic mass is 10.1. The molecule has 0 saturated heterocycles. The van der Waals surface area contributed by atoms with Crippen LogP contribution in [-0.4, -0.2) is 19.4 Å². The van der Waals surface area contributed by atoms with E-state index in [1.807, 2.05) is 72.8 Å². The largest absolute Gasteiger partial charge is 0.564 e. The molecular weight excluding hydrogens is 477 g/mol. The average Bonchev–Trinajstić information content (AvgIpc) is 2.74. The van der Waals surface area contributed by atoms with Gasteiger partial charge in [-0.2, -0.15) is 4.42 Å². The summed E-state index contributed by atoms with van der Waals surface area (Å²) in [6.07, 6.45) is 0. The van der Waals surface area contributed by atoms with Gasteiger partial charge in [-0.3, -0.25) is 0 Å². The predicted molar refractivity (Wildman–Crippen MR) is 129 cm³/mol. The van der Waals surface area contributed by atoms with Crippen molar-refractivity contribution in [2.24, 2.45) is 0 Å². The van der Waals surface area contributed by atoms with E-state index in [1.54, 1.807) is 0 Å². The molecule has 0 N–H and O–H groups in total. The van der Waals surface area contributed by atoms with Crippen molar-refractivity contribution in [3.8, 4) is 34.3 Å². The minimum atomic E-state index is -2.94. The van der Waals surface area contributed by atoms with Crippen LogP contribution in [0.25, 0.3) is 34.3 Å². The van der Waals surface area contributed by atoms with Crippen molar-refractivity contribution in [1.82, 2.24) is 9.97 Å². The van der Waals surface area contributed by atoms with Gasteiger partial charge in [0.1, 0.15) is 11.1 Å². The van der Waals surface area contributed by atoms with Gasteiger partial charge in [0.2, 0.25) is 0 Å². The smallest absolute Gasteiger partial charge is 0.391 e. The van der Waals surface area contributed by atoms with Gasteiger partial charge in [-0.1, -0.05) is 66.2 Å². The van der Waals surface area contributed by atoms with Crippen LogP contribution in [0.2, 0.25) is 0 Å². The summed E-state index contributed by atoms with van der Waals surface area (Å²) < 4.78 is 6.03. The first-order chi connectivity index (χ1) is 14.3. The van der Waals surface area contributed by atoms with Gasteiger partial charge in [0.05, 0.1) is 0 Å². The summed E-state index contributed by atoms with van der Waals surface area (Å²) in [5.74, 6) is 1.78. The second-order valence-corrected chi connectivity index (χ2v) is 19.2. The zero-order chi connectivity index (χ0) is 21.6. The molecular formula is C22H17AlCl4N2O. The molecule has 4 aromatic rings. The highest BCUT2D eigenvalue weighted by Crippen LogP contribution is 2.27. The molecule has 0 unspecified atom stereocenters. The minimum Gasteiger partial charge on any atom is -0.391 e. The van der Waals surface area contributed by atoms with E-state index in [2.05, 4.69) is 29.0 Å². The van der Waals surface area contributed by atoms with Crippen LogP contribution in [0.15, 0.2) is 89.3 Å². The van der Waals surface area contributed by atoms with Gasteiger partial charge in [0.15, 0.2) is 5.82 Å². The maximum absolute atomic E-state index is 6.03. The summed E-state index contributed by atoms with van der Waals surface area (Å²) in [6.45, 7) is 2.06. The van der Waals surface area contributed by atoms with Gasteiger partial charge in [0.25, 0.3) is 0 Å². The highest BCUT2D eigenvalue weighted by molar-refractivity contribution is 7.81. The third kappa shape index (κ3) is 7.25. The normalized spacial score (nSPS) is 10.8. The van der Waals surface area contributed by atoms with Gasteiger partial charge < -0.3 is 40.2 Å². The van der Waals surface area contributed by atoms with E-state index < -0.39 is 9.39 Å². The Kier molecular flexibility index (Phi) is 8.14. The van der Waals surface area contributed by atoms with Gasteiger partial charge in [-0.15, -0.1) is 9.97 Å². The number of nitrogens with zero attached hydrogens (tertiary/aromatic N) is 2. The Morgan fingerprint density at radius 3 is 1.47 bits per heavy atom. The Morgan fingerprint density at radius 1 is 0.600 bits per heavy atom. The maximum atomic E-state index is 6.03. The molecule has 0 aliphatic rings. The van der Waals surface area contributed by atoms with E-state index in [0.717, 1.165) is 16.7 Å². The van der Waals surface area contributed by atoms with Gasteiger partial charge >= 0.3 is 21.2 Å². The number of halogens is 4. The Hall–Kier alpha value is -1.64. The van der Waals surface area contributed by atoms with Crippen LogP contribution in [0.4, 0.5) is 0 Å². The first kappa shape index (κ1) is 23.0. The third-order valence-electron chi connectivity index (χ3n) is 3.96. The summed E-state index contributed by atoms with van der Waals surface area (Å²) in [4.78, 5) is 9.29. The average molecular weight is 494 g/mol. The standard InChI is InChI=1S/C22H17N2O.Al.4ClH/c1-16-12-14-19(15-13-16)22-24-20(17-8-4-2-5-9-17)23-21(25-22)18-10-6-3-7-11-18;;;;;/h2-15H,1H3;;4*1H/q+1;+3;;;;/p-4. The molecule has 3 nitrogen and oxygen atoms in total. The molecule has 3 aromatic carbocycles. The van der Waals surface area contributed by atoms with E-state index in [4.69, 9.17) is 44.6 Å². The summed E-state index contributed by atoms with van der Waals surface area (Å²) in [5, 5.41) is 0. The fourth-order valence-corrected chi connectivity index (χ4v) is 2.59. The maximum Gasteiger partial charge on any atom is 0.564 e. The number of hydrogen-bond acceptors (Lipinski definition) is 2. The number of benzene rings is 3. The van der Waals surface area contributed by atoms with Crippen LogP contribution in [-0.2, 0) is 0 Å². The van der Waals surface area contributed by atoms with Crippen molar-refractivity contribution in [3.05, 3.63) is 90.5 Å². The Morgan fingerprint density at radius 2 is 1.00 bits per heavy atom. The minimum absolute atomic E-state index is 0.560. The van der Waals surface area contributed by atoms with E-state index in [1.165, 1.54) is 5.56 Å². The number of aryl methyl sites for hydroxylation is 1. The van der Waals surface area contributed by atoms with Crippen molar-refractivity contribution in [3.63, 3.8) is 0 Å². The molecule has 0 aliphatic carbocycles. The molecule has 0 bridgehead atoms. The van der Waals surface area contributed by atoms with Crippen molar-refractivity contribution < 1.29 is 4.42 Å². The SMILES string of the molecule is Cc1ccc(-c2nc(-c3ccccc3)nc(-c3ccccc3)[o+]2)cc1.[Cl][Al-]([Cl])([Cl])[Cl]. The lowest BCUT2D eigenvalue weighted by Gasteiger charge is -2.00. The highest BCUT2D eigenvalue weighted by Gasteiger charge is 2.23. The van der Waals surface area contributed by atoms with Gasteiger partial charge in [-0.05, 0) is 31.2 Å². The summed E-state index contributed by atoms with van der Waals surface area (Å²) in [5.41, 5.74) is 4.02. The van der Waals surface area contributed by atoms with Crippen LogP contribution in [0.5, 0.6) is 0 Å². The van der Waals surface area contributed by atoms with Crippen molar-refractivity contribution in [2.75, 3.05) is 0 Å². The molecule has 8 heteroatoms. The summed E-state index contributed by atoms with van der Waals surface area (Å²) in [7, 11) is 17.0. The van der Waals surface area contributed by atoms with Crippen LogP contribution in [0.1, 0.15) is 5.56 Å². The molecule has 0 saturated carbocycles. The molecule has 0 radical (unpaired) electrons. The molecule has 30 heavy (non-hydrogen) atoms. The first-order valence-corrected chi connectivity index (χ1v) is 16.1. The van der Waals surface area contributed by atoms with Gasteiger partial charge in [-0.25, -0.2) is 0 Å². The van der Waals surface area contributed by atoms with Gasteiger partial charge in [0, 0.05) is 5.56 Å². The zero-order valence-corrected chi connectivity index (χ0v) is 20.2. The van der Waals surface area contributed by atoms with Crippen LogP contribution in [0, 0.1) is 6.92 Å². The first-order valence-electron chi connectivity index (χ1n) is 9.07. The molecule has 0 aliphatic heterocycles. The van der Waals surface area contributed by atoms with Crippen molar-refractivity contribution in [1.29, 1.82) is 0 Å². The lowest BCUT2D eigenvalue weighted by molar-refractivity contribution is 0.540. The third-order valence-corrected chi connectivity index (χ3v) is 3.96. The summed E-state index contributed by atoms with van der Waals surface area (Å²) in [6, 6.07) is 28.0. The molecule has 0 atom stereocenters. The lowest BCUT2D eigenvalue weighted by Crippen LogP contribution is -1.95. The molecule has 152 valence electrons. The molecule has 1 heterocycles. The van der Waals surface area contributed by atoms with Crippen molar-refractivity contribution >= 4 is 49.6 Å². The quantitative estimate of drug-likeness (QED) is 0.214. The van der Waals surface area contributed by atoms with Crippen molar-refractivity contribution in [2.45, 2.75) is 6.92 Å². The second kappa shape index (κ2) is 10.6. The molecule has 1 aromatic heterocycles. The van der Waals surface area contributed by atoms with E-state index in [-0.39, 0.29) is 0 Å². The fraction of sp³-hybridized carbons (Fsp3) is 0.0455. The second-order valence-electron chi connectivity index (χ2n) is 6.35. The number of aromatic nitrogens is 2.